The van der Waals surface area contributed by atoms with Gasteiger partial charge in [0.2, 0.25) is 0 Å². The van der Waals surface area contributed by atoms with Crippen molar-refractivity contribution < 1.29 is 18.7 Å². The summed E-state index contributed by atoms with van der Waals surface area (Å²) in [6, 6.07) is 5.65. The molecular formula is C16H18FNO3S. The van der Waals surface area contributed by atoms with Crippen LogP contribution in [0, 0.1) is 5.82 Å². The van der Waals surface area contributed by atoms with Gasteiger partial charge in [-0.3, -0.25) is 14.5 Å². The molecule has 2 rings (SSSR count). The maximum Gasteiger partial charge on any atom is 0.267 e. The Bertz CT molecular complexity index is 598. The number of carbonyl (C=O) groups is 2. The summed E-state index contributed by atoms with van der Waals surface area (Å²) in [7, 11) is 1.58. The minimum Gasteiger partial charge on any atom is -0.385 e. The van der Waals surface area contributed by atoms with E-state index in [9.17, 15) is 14.0 Å². The zero-order valence-electron chi connectivity index (χ0n) is 12.6. The molecule has 1 aliphatic rings. The van der Waals surface area contributed by atoms with Gasteiger partial charge in [0.15, 0.2) is 0 Å². The Morgan fingerprint density at radius 1 is 1.18 bits per heavy atom. The summed E-state index contributed by atoms with van der Waals surface area (Å²) in [5.74, 6) is -0.274. The minimum atomic E-state index is -0.372. The van der Waals surface area contributed by atoms with Crippen molar-refractivity contribution in [1.29, 1.82) is 0 Å². The van der Waals surface area contributed by atoms with Crippen LogP contribution >= 0.6 is 11.8 Å². The molecule has 4 nitrogen and oxygen atoms in total. The SMILES string of the molecule is CCSC1=C(c2ccc(F)cc2)C(=O)N(CCCOC)C1=O. The Labute approximate surface area is 133 Å². The summed E-state index contributed by atoms with van der Waals surface area (Å²) < 4.78 is 18.0. The summed E-state index contributed by atoms with van der Waals surface area (Å²) in [6.07, 6.45) is 0.592. The number of ether oxygens (including phenoxy) is 1. The van der Waals surface area contributed by atoms with Gasteiger partial charge in [0.25, 0.3) is 11.8 Å². The van der Waals surface area contributed by atoms with Gasteiger partial charge in [0.05, 0.1) is 10.5 Å². The van der Waals surface area contributed by atoms with E-state index in [0.29, 0.717) is 41.4 Å². The van der Waals surface area contributed by atoms with Gasteiger partial charge in [-0.15, -0.1) is 11.8 Å². The van der Waals surface area contributed by atoms with Gasteiger partial charge in [-0.25, -0.2) is 4.39 Å². The van der Waals surface area contributed by atoms with Crippen LogP contribution in [0.4, 0.5) is 4.39 Å². The van der Waals surface area contributed by atoms with Gasteiger partial charge in [-0.1, -0.05) is 19.1 Å². The van der Waals surface area contributed by atoms with Crippen LogP contribution in [0.2, 0.25) is 0 Å². The van der Waals surface area contributed by atoms with Crippen LogP contribution in [-0.4, -0.2) is 42.7 Å². The molecule has 1 aliphatic heterocycles. The lowest BCUT2D eigenvalue weighted by molar-refractivity contribution is -0.136. The quantitative estimate of drug-likeness (QED) is 0.572. The van der Waals surface area contributed by atoms with Gasteiger partial charge in [0, 0.05) is 20.3 Å². The number of rotatable bonds is 7. The van der Waals surface area contributed by atoms with E-state index in [1.807, 2.05) is 6.92 Å². The van der Waals surface area contributed by atoms with Crippen molar-refractivity contribution in [2.45, 2.75) is 13.3 Å². The Morgan fingerprint density at radius 2 is 1.86 bits per heavy atom. The summed E-state index contributed by atoms with van der Waals surface area (Å²) in [6.45, 7) is 2.73. The lowest BCUT2D eigenvalue weighted by Gasteiger charge is -2.14. The molecule has 2 amide bonds. The predicted octanol–water partition coefficient (Wildman–Crippen LogP) is 2.70. The van der Waals surface area contributed by atoms with Gasteiger partial charge in [0.1, 0.15) is 5.82 Å². The number of methoxy groups -OCH3 is 1. The summed E-state index contributed by atoms with van der Waals surface area (Å²) in [4.78, 5) is 26.7. The summed E-state index contributed by atoms with van der Waals surface area (Å²) in [5.41, 5.74) is 0.944. The van der Waals surface area contributed by atoms with E-state index in [4.69, 9.17) is 4.74 Å². The average molecular weight is 323 g/mol. The first-order valence-electron chi connectivity index (χ1n) is 7.08. The van der Waals surface area contributed by atoms with Crippen molar-refractivity contribution >= 4 is 29.1 Å². The second-order valence-corrected chi connectivity index (χ2v) is 6.03. The van der Waals surface area contributed by atoms with E-state index in [2.05, 4.69) is 0 Å². The van der Waals surface area contributed by atoms with Crippen molar-refractivity contribution in [1.82, 2.24) is 4.90 Å². The van der Waals surface area contributed by atoms with Crippen LogP contribution in [0.5, 0.6) is 0 Å². The zero-order chi connectivity index (χ0) is 16.1. The van der Waals surface area contributed by atoms with Crippen LogP contribution < -0.4 is 0 Å². The highest BCUT2D eigenvalue weighted by molar-refractivity contribution is 8.04. The van der Waals surface area contributed by atoms with Crippen molar-refractivity contribution in [3.05, 3.63) is 40.6 Å². The zero-order valence-corrected chi connectivity index (χ0v) is 13.4. The van der Waals surface area contributed by atoms with Crippen molar-refractivity contribution in [3.63, 3.8) is 0 Å². The maximum absolute atomic E-state index is 13.1. The number of amides is 2. The number of hydrogen-bond acceptors (Lipinski definition) is 4. The van der Waals surface area contributed by atoms with E-state index < -0.39 is 0 Å². The standard InChI is InChI=1S/C16H18FNO3S/c1-3-22-14-13(11-5-7-12(17)8-6-11)15(19)18(16(14)20)9-4-10-21-2/h5-8H,3-4,9-10H2,1-2H3. The second kappa shape index (κ2) is 7.56. The molecule has 0 bridgehead atoms. The van der Waals surface area contributed by atoms with Crippen LogP contribution in [0.1, 0.15) is 18.9 Å². The normalized spacial score (nSPS) is 15.1. The molecular weight excluding hydrogens is 305 g/mol. The number of hydrogen-bond donors (Lipinski definition) is 0. The fourth-order valence-corrected chi connectivity index (χ4v) is 3.15. The Kier molecular flexibility index (Phi) is 5.74. The first-order valence-corrected chi connectivity index (χ1v) is 8.06. The number of nitrogens with zero attached hydrogens (tertiary/aromatic N) is 1. The van der Waals surface area contributed by atoms with E-state index in [1.165, 1.54) is 40.9 Å². The summed E-state index contributed by atoms with van der Waals surface area (Å²) in [5, 5.41) is 0. The average Bonchev–Trinajstić information content (AvgIpc) is 2.73. The monoisotopic (exact) mass is 323 g/mol. The Balaban J connectivity index is 2.32. The van der Waals surface area contributed by atoms with Crippen molar-refractivity contribution in [2.24, 2.45) is 0 Å². The van der Waals surface area contributed by atoms with Crippen molar-refractivity contribution in [3.8, 4) is 0 Å². The number of imide groups is 1. The minimum absolute atomic E-state index is 0.271. The highest BCUT2D eigenvalue weighted by Crippen LogP contribution is 2.35. The molecule has 0 atom stereocenters. The van der Waals surface area contributed by atoms with Crippen LogP contribution in [0.3, 0.4) is 0 Å². The molecule has 0 fully saturated rings. The number of thioether (sulfide) groups is 1. The molecule has 22 heavy (non-hydrogen) atoms. The van der Waals surface area contributed by atoms with Gasteiger partial charge < -0.3 is 4.74 Å². The third-order valence-corrected chi connectivity index (χ3v) is 4.23. The molecule has 0 N–H and O–H groups in total. The number of carbonyl (C=O) groups excluding carboxylic acids is 2. The first-order chi connectivity index (χ1) is 10.6. The molecule has 0 saturated carbocycles. The lowest BCUT2D eigenvalue weighted by atomic mass is 10.1. The largest absolute Gasteiger partial charge is 0.385 e. The molecule has 0 unspecified atom stereocenters. The molecule has 0 spiro atoms. The molecule has 118 valence electrons. The third kappa shape index (κ3) is 3.39. The Hall–Kier alpha value is -1.66. The molecule has 1 aromatic rings. The first kappa shape index (κ1) is 16.7. The van der Waals surface area contributed by atoms with Crippen LogP contribution in [0.15, 0.2) is 29.2 Å². The fourth-order valence-electron chi connectivity index (χ4n) is 2.27. The van der Waals surface area contributed by atoms with Crippen LogP contribution in [-0.2, 0) is 14.3 Å². The number of halogens is 1. The second-order valence-electron chi connectivity index (χ2n) is 4.75. The molecule has 6 heteroatoms. The lowest BCUT2D eigenvalue weighted by Crippen LogP contribution is -2.33. The van der Waals surface area contributed by atoms with E-state index in [1.54, 1.807) is 7.11 Å². The van der Waals surface area contributed by atoms with E-state index in [-0.39, 0.29) is 17.6 Å². The topological polar surface area (TPSA) is 46.6 Å². The molecule has 1 aromatic carbocycles. The molecule has 0 saturated heterocycles. The fraction of sp³-hybridized carbons (Fsp3) is 0.375. The maximum atomic E-state index is 13.1. The van der Waals surface area contributed by atoms with E-state index >= 15 is 0 Å². The predicted molar refractivity (Wildman–Crippen MR) is 84.7 cm³/mol. The molecule has 0 radical (unpaired) electrons. The van der Waals surface area contributed by atoms with Crippen LogP contribution in [0.25, 0.3) is 5.57 Å². The van der Waals surface area contributed by atoms with Gasteiger partial charge in [-0.2, -0.15) is 0 Å². The van der Waals surface area contributed by atoms with E-state index in [0.717, 1.165) is 0 Å². The number of benzene rings is 1. The molecule has 0 aromatic heterocycles. The molecule has 0 aliphatic carbocycles. The van der Waals surface area contributed by atoms with Crippen molar-refractivity contribution in [2.75, 3.05) is 26.0 Å². The van der Waals surface area contributed by atoms with Gasteiger partial charge in [-0.05, 0) is 29.9 Å². The van der Waals surface area contributed by atoms with Gasteiger partial charge >= 0.3 is 0 Å². The summed E-state index contributed by atoms with van der Waals surface area (Å²) >= 11 is 1.34. The Morgan fingerprint density at radius 3 is 2.45 bits per heavy atom. The highest BCUT2D eigenvalue weighted by Gasteiger charge is 2.38. The molecule has 1 heterocycles. The highest BCUT2D eigenvalue weighted by atomic mass is 32.2. The smallest absolute Gasteiger partial charge is 0.267 e. The third-order valence-electron chi connectivity index (χ3n) is 3.28.